The third-order valence-corrected chi connectivity index (χ3v) is 3.75. The van der Waals surface area contributed by atoms with Gasteiger partial charge in [0.05, 0.1) is 12.8 Å². The number of hydrogen-bond acceptors (Lipinski definition) is 8. The molecule has 4 N–H and O–H groups in total. The third-order valence-electron chi connectivity index (χ3n) is 3.75. The highest BCUT2D eigenvalue weighted by Gasteiger charge is 2.13. The fraction of sp³-hybridized carbons (Fsp3) is 0.211. The van der Waals surface area contributed by atoms with Gasteiger partial charge in [-0.3, -0.25) is 5.32 Å². The number of benzene rings is 1. The second-order valence-corrected chi connectivity index (χ2v) is 5.86. The number of nitrogens with one attached hydrogen (secondary N) is 3. The lowest BCUT2D eigenvalue weighted by atomic mass is 10.2. The van der Waals surface area contributed by atoms with Crippen LogP contribution in [-0.2, 0) is 4.74 Å². The molecule has 0 aliphatic carbocycles. The van der Waals surface area contributed by atoms with E-state index in [9.17, 15) is 14.7 Å². The minimum atomic E-state index is -0.624. The van der Waals surface area contributed by atoms with Gasteiger partial charge in [-0.05, 0) is 44.2 Å². The number of phenols is 1. The van der Waals surface area contributed by atoms with Crippen molar-refractivity contribution < 1.29 is 19.4 Å². The molecule has 0 fully saturated rings. The molecule has 2 aromatic heterocycles. The first-order chi connectivity index (χ1) is 14.0. The van der Waals surface area contributed by atoms with E-state index in [1.807, 2.05) is 6.92 Å². The number of nitrogens with zero attached hydrogens (tertiary/aromatic N) is 3. The topological polar surface area (TPSA) is 138 Å². The van der Waals surface area contributed by atoms with Crippen molar-refractivity contribution in [3.05, 3.63) is 42.1 Å². The number of esters is 1. The molecule has 0 aliphatic rings. The summed E-state index contributed by atoms with van der Waals surface area (Å²) in [5.74, 6) is -0.0906. The highest BCUT2D eigenvalue weighted by Crippen LogP contribution is 2.24. The molecule has 2 heterocycles. The first kappa shape index (κ1) is 19.8. The Kier molecular flexibility index (Phi) is 6.03. The number of carbonyl (C=O) groups excluding carboxylic acids is 2. The van der Waals surface area contributed by atoms with Crippen molar-refractivity contribution in [1.29, 1.82) is 0 Å². The molecule has 0 radical (unpaired) electrons. The Hall–Kier alpha value is -3.95. The number of carbonyl (C=O) groups is 2. The van der Waals surface area contributed by atoms with Gasteiger partial charge in [0.15, 0.2) is 11.5 Å². The van der Waals surface area contributed by atoms with Gasteiger partial charge in [-0.1, -0.05) is 0 Å². The van der Waals surface area contributed by atoms with Gasteiger partial charge in [-0.25, -0.2) is 24.5 Å². The molecule has 0 saturated heterocycles. The van der Waals surface area contributed by atoms with E-state index >= 15 is 0 Å². The van der Waals surface area contributed by atoms with Crippen LogP contribution in [0.4, 0.5) is 22.1 Å². The second kappa shape index (κ2) is 8.83. The zero-order valence-electron chi connectivity index (χ0n) is 15.9. The maximum absolute atomic E-state index is 11.9. The van der Waals surface area contributed by atoms with Crippen LogP contribution in [0.25, 0.3) is 11.2 Å². The lowest BCUT2D eigenvalue weighted by Crippen LogP contribution is -2.28. The number of phenolic OH excluding ortho intramolecular Hbond substituents is 1. The van der Waals surface area contributed by atoms with Gasteiger partial charge in [0, 0.05) is 12.2 Å². The van der Waals surface area contributed by atoms with Crippen molar-refractivity contribution >= 4 is 40.5 Å². The Morgan fingerprint density at radius 1 is 1.10 bits per heavy atom. The monoisotopic (exact) mass is 396 g/mol. The number of pyridine rings is 1. The Labute approximate surface area is 166 Å². The average Bonchev–Trinajstić information content (AvgIpc) is 2.69. The maximum Gasteiger partial charge on any atom is 0.341 e. The number of aromatic hydroxyl groups is 1. The largest absolute Gasteiger partial charge is 0.507 e. The van der Waals surface area contributed by atoms with Crippen LogP contribution < -0.4 is 16.0 Å². The molecule has 3 rings (SSSR count). The van der Waals surface area contributed by atoms with E-state index in [1.165, 1.54) is 18.3 Å². The summed E-state index contributed by atoms with van der Waals surface area (Å²) in [5, 5.41) is 18.1. The zero-order valence-corrected chi connectivity index (χ0v) is 15.9. The van der Waals surface area contributed by atoms with Crippen LogP contribution in [0.2, 0.25) is 0 Å². The lowest BCUT2D eigenvalue weighted by molar-refractivity contribution is 0.0523. The molecule has 3 aromatic rings. The fourth-order valence-electron chi connectivity index (χ4n) is 2.48. The number of amides is 2. The summed E-state index contributed by atoms with van der Waals surface area (Å²) in [6.07, 6.45) is 1.51. The third kappa shape index (κ3) is 4.86. The van der Waals surface area contributed by atoms with E-state index < -0.39 is 5.97 Å². The summed E-state index contributed by atoms with van der Waals surface area (Å²) < 4.78 is 4.93. The Morgan fingerprint density at radius 2 is 1.90 bits per heavy atom. The van der Waals surface area contributed by atoms with Crippen molar-refractivity contribution in [2.24, 2.45) is 0 Å². The summed E-state index contributed by atoms with van der Waals surface area (Å²) in [6.45, 7) is 4.19. The molecular weight excluding hydrogens is 376 g/mol. The molecule has 10 heteroatoms. The molecule has 29 heavy (non-hydrogen) atoms. The van der Waals surface area contributed by atoms with Crippen LogP contribution in [0, 0.1) is 0 Å². The summed E-state index contributed by atoms with van der Waals surface area (Å²) in [6, 6.07) is 7.39. The molecule has 0 aliphatic heterocycles. The van der Waals surface area contributed by atoms with Gasteiger partial charge in [-0.15, -0.1) is 0 Å². The molecule has 150 valence electrons. The van der Waals surface area contributed by atoms with E-state index in [0.717, 1.165) is 0 Å². The van der Waals surface area contributed by atoms with E-state index in [-0.39, 0.29) is 24.0 Å². The normalized spacial score (nSPS) is 10.4. The van der Waals surface area contributed by atoms with Crippen LogP contribution in [0.5, 0.6) is 5.75 Å². The standard InChI is InChI=1S/C19H20N6O4/c1-3-20-19(28)25-15-8-6-13-17(23-15)24-16(10-21-13)22-11-5-7-14(26)12(9-11)18(27)29-4-2/h5-10,26H,3-4H2,1-2H3,(H3,20,22,23,24,25,28). The van der Waals surface area contributed by atoms with Gasteiger partial charge in [0.1, 0.15) is 22.6 Å². The van der Waals surface area contributed by atoms with Gasteiger partial charge in [0.25, 0.3) is 0 Å². The summed E-state index contributed by atoms with van der Waals surface area (Å²) >= 11 is 0. The van der Waals surface area contributed by atoms with Gasteiger partial charge >= 0.3 is 12.0 Å². The predicted molar refractivity (Wildman–Crippen MR) is 107 cm³/mol. The number of aromatic nitrogens is 3. The number of urea groups is 1. The van der Waals surface area contributed by atoms with E-state index in [2.05, 4.69) is 30.9 Å². The van der Waals surface area contributed by atoms with Crippen LogP contribution in [0.15, 0.2) is 36.5 Å². The first-order valence-electron chi connectivity index (χ1n) is 8.96. The maximum atomic E-state index is 11.9. The highest BCUT2D eigenvalue weighted by molar-refractivity contribution is 5.94. The molecule has 2 amide bonds. The van der Waals surface area contributed by atoms with Crippen LogP contribution in [0.1, 0.15) is 24.2 Å². The average molecular weight is 396 g/mol. The molecule has 0 saturated carbocycles. The lowest BCUT2D eigenvalue weighted by Gasteiger charge is -2.10. The predicted octanol–water partition coefficient (Wildman–Crippen LogP) is 2.79. The number of ether oxygens (including phenoxy) is 1. The Balaban J connectivity index is 1.84. The van der Waals surface area contributed by atoms with E-state index in [0.29, 0.717) is 35.0 Å². The zero-order chi connectivity index (χ0) is 20.8. The Bertz CT molecular complexity index is 1060. The molecule has 0 bridgehead atoms. The van der Waals surface area contributed by atoms with Crippen molar-refractivity contribution in [3.63, 3.8) is 0 Å². The highest BCUT2D eigenvalue weighted by atomic mass is 16.5. The fourth-order valence-corrected chi connectivity index (χ4v) is 2.48. The SMILES string of the molecule is CCNC(=O)Nc1ccc2ncc(Nc3ccc(O)c(C(=O)OCC)c3)nc2n1. The molecule has 0 unspecified atom stereocenters. The first-order valence-corrected chi connectivity index (χ1v) is 8.96. The van der Waals surface area contributed by atoms with Crippen molar-refractivity contribution in [2.45, 2.75) is 13.8 Å². The smallest absolute Gasteiger partial charge is 0.341 e. The van der Waals surface area contributed by atoms with Gasteiger partial charge in [-0.2, -0.15) is 0 Å². The van der Waals surface area contributed by atoms with Gasteiger partial charge in [0.2, 0.25) is 0 Å². The summed E-state index contributed by atoms with van der Waals surface area (Å²) in [7, 11) is 0. The van der Waals surface area contributed by atoms with Crippen LogP contribution in [-0.4, -0.2) is 45.2 Å². The van der Waals surface area contributed by atoms with Gasteiger partial charge < -0.3 is 20.5 Å². The minimum absolute atomic E-state index is 0.0390. The minimum Gasteiger partial charge on any atom is -0.507 e. The van der Waals surface area contributed by atoms with E-state index in [1.54, 1.807) is 25.1 Å². The van der Waals surface area contributed by atoms with Crippen LogP contribution >= 0.6 is 0 Å². The molecule has 10 nitrogen and oxygen atoms in total. The number of anilines is 3. The van der Waals surface area contributed by atoms with Crippen molar-refractivity contribution in [1.82, 2.24) is 20.3 Å². The van der Waals surface area contributed by atoms with Crippen LogP contribution in [0.3, 0.4) is 0 Å². The number of fused-ring (bicyclic) bond motifs is 1. The second-order valence-electron chi connectivity index (χ2n) is 5.86. The van der Waals surface area contributed by atoms with E-state index in [4.69, 9.17) is 4.74 Å². The van der Waals surface area contributed by atoms with Crippen molar-refractivity contribution in [2.75, 3.05) is 23.8 Å². The Morgan fingerprint density at radius 3 is 2.66 bits per heavy atom. The molecule has 0 spiro atoms. The quantitative estimate of drug-likeness (QED) is 0.368. The molecule has 0 atom stereocenters. The van der Waals surface area contributed by atoms with Crippen molar-refractivity contribution in [3.8, 4) is 5.75 Å². The summed E-state index contributed by atoms with van der Waals surface area (Å²) in [4.78, 5) is 36.5. The summed E-state index contributed by atoms with van der Waals surface area (Å²) in [5.41, 5.74) is 1.43. The number of rotatable bonds is 6. The number of hydrogen-bond donors (Lipinski definition) is 4. The molecule has 1 aromatic carbocycles. The molecular formula is C19H20N6O4.